The summed E-state index contributed by atoms with van der Waals surface area (Å²) in [7, 11) is 0. The highest BCUT2D eigenvalue weighted by atomic mass is 16.1. The molecule has 4 aromatic rings. The van der Waals surface area contributed by atoms with Crippen molar-refractivity contribution >= 4 is 22.4 Å². The van der Waals surface area contributed by atoms with Gasteiger partial charge in [0.1, 0.15) is 5.65 Å². The fourth-order valence-electron chi connectivity index (χ4n) is 4.03. The highest BCUT2D eigenvalue weighted by Crippen LogP contribution is 2.19. The molecule has 0 unspecified atom stereocenters. The van der Waals surface area contributed by atoms with Gasteiger partial charge in [0.25, 0.3) is 5.56 Å². The number of hydrogen-bond acceptors (Lipinski definition) is 5. The van der Waals surface area contributed by atoms with Crippen LogP contribution in [0.15, 0.2) is 53.8 Å². The maximum Gasteiger partial charge on any atom is 0.251 e. The Morgan fingerprint density at radius 2 is 1.93 bits per heavy atom. The second-order valence-corrected chi connectivity index (χ2v) is 7.59. The number of nitrogens with zero attached hydrogens (tertiary/aromatic N) is 5. The third-order valence-electron chi connectivity index (χ3n) is 5.73. The van der Waals surface area contributed by atoms with Crippen molar-refractivity contribution in [2.45, 2.75) is 19.9 Å². The van der Waals surface area contributed by atoms with Crippen LogP contribution in [-0.4, -0.2) is 50.4 Å². The Kier molecular flexibility index (Phi) is 4.52. The van der Waals surface area contributed by atoms with Gasteiger partial charge in [-0.05, 0) is 30.2 Å². The average molecular weight is 388 g/mol. The first kappa shape index (κ1) is 17.9. The number of piperazine rings is 1. The molecule has 1 N–H and O–H groups in total. The van der Waals surface area contributed by atoms with Gasteiger partial charge in [-0.15, -0.1) is 0 Å². The van der Waals surface area contributed by atoms with Gasteiger partial charge in [0, 0.05) is 74.8 Å². The molecule has 0 radical (unpaired) electrons. The van der Waals surface area contributed by atoms with E-state index in [1.54, 1.807) is 0 Å². The van der Waals surface area contributed by atoms with Crippen LogP contribution in [0.3, 0.4) is 0 Å². The molecule has 0 aromatic carbocycles. The minimum atomic E-state index is -0.0120. The number of H-pyrrole nitrogens is 1. The van der Waals surface area contributed by atoms with Crippen molar-refractivity contribution in [3.05, 3.63) is 70.5 Å². The lowest BCUT2D eigenvalue weighted by Gasteiger charge is -2.36. The lowest BCUT2D eigenvalue weighted by molar-refractivity contribution is 0.249. The molecule has 1 aliphatic rings. The third kappa shape index (κ3) is 3.49. The van der Waals surface area contributed by atoms with Gasteiger partial charge in [-0.2, -0.15) is 0 Å². The van der Waals surface area contributed by atoms with Crippen molar-refractivity contribution in [2.24, 2.45) is 0 Å². The molecule has 29 heavy (non-hydrogen) atoms. The van der Waals surface area contributed by atoms with Crippen LogP contribution in [0.25, 0.3) is 16.7 Å². The molecule has 0 bridgehead atoms. The minimum absolute atomic E-state index is 0.0120. The Morgan fingerprint density at radius 3 is 2.76 bits per heavy atom. The van der Waals surface area contributed by atoms with Crippen LogP contribution in [0.5, 0.6) is 0 Å². The van der Waals surface area contributed by atoms with Crippen molar-refractivity contribution in [1.29, 1.82) is 0 Å². The number of aryl methyl sites for hydroxylation is 1. The zero-order valence-electron chi connectivity index (χ0n) is 16.5. The van der Waals surface area contributed by atoms with E-state index in [1.807, 2.05) is 36.0 Å². The summed E-state index contributed by atoms with van der Waals surface area (Å²) in [5.41, 5.74) is 5.77. The summed E-state index contributed by atoms with van der Waals surface area (Å²) in [6, 6.07) is 8.25. The molecule has 0 aliphatic carbocycles. The van der Waals surface area contributed by atoms with Crippen molar-refractivity contribution in [1.82, 2.24) is 24.3 Å². The number of rotatable bonds is 4. The van der Waals surface area contributed by atoms with E-state index in [2.05, 4.69) is 49.1 Å². The summed E-state index contributed by atoms with van der Waals surface area (Å²) >= 11 is 0. The molecule has 4 aromatic heterocycles. The second-order valence-electron chi connectivity index (χ2n) is 7.59. The van der Waals surface area contributed by atoms with Crippen LogP contribution in [0, 0.1) is 0 Å². The SMILES string of the molecule is CCc1cc2ncc(CN3CCN(c4ccn5ccnc5c4)CC3)cc2[nH]c1=O. The summed E-state index contributed by atoms with van der Waals surface area (Å²) in [5.74, 6) is 0. The van der Waals surface area contributed by atoms with E-state index >= 15 is 0 Å². The van der Waals surface area contributed by atoms with Crippen LogP contribution in [0.2, 0.25) is 0 Å². The van der Waals surface area contributed by atoms with Crippen LogP contribution < -0.4 is 10.5 Å². The number of aromatic amines is 1. The van der Waals surface area contributed by atoms with Crippen LogP contribution >= 0.6 is 0 Å². The van der Waals surface area contributed by atoms with Gasteiger partial charge in [-0.3, -0.25) is 14.7 Å². The topological polar surface area (TPSA) is 69.5 Å². The number of hydrogen-bond donors (Lipinski definition) is 1. The largest absolute Gasteiger partial charge is 0.369 e. The zero-order valence-corrected chi connectivity index (χ0v) is 16.5. The monoisotopic (exact) mass is 388 g/mol. The first-order valence-electron chi connectivity index (χ1n) is 10.1. The maximum absolute atomic E-state index is 12.1. The number of fused-ring (bicyclic) bond motifs is 2. The molecule has 5 rings (SSSR count). The Labute approximate surface area is 168 Å². The molecule has 1 fully saturated rings. The van der Waals surface area contributed by atoms with Crippen LogP contribution in [0.4, 0.5) is 5.69 Å². The van der Waals surface area contributed by atoms with Crippen molar-refractivity contribution in [3.8, 4) is 0 Å². The summed E-state index contributed by atoms with van der Waals surface area (Å²) in [5, 5.41) is 0. The van der Waals surface area contributed by atoms with Gasteiger partial charge in [-0.25, -0.2) is 4.98 Å². The Hall–Kier alpha value is -3.19. The highest BCUT2D eigenvalue weighted by Gasteiger charge is 2.18. The van der Waals surface area contributed by atoms with Gasteiger partial charge < -0.3 is 14.3 Å². The number of pyridine rings is 3. The molecule has 0 saturated carbocycles. The third-order valence-corrected chi connectivity index (χ3v) is 5.73. The van der Waals surface area contributed by atoms with Gasteiger partial charge in [0.05, 0.1) is 11.0 Å². The van der Waals surface area contributed by atoms with Crippen molar-refractivity contribution < 1.29 is 0 Å². The summed E-state index contributed by atoms with van der Waals surface area (Å²) in [6.07, 6.45) is 8.50. The fourth-order valence-corrected chi connectivity index (χ4v) is 4.03. The van der Waals surface area contributed by atoms with E-state index in [-0.39, 0.29) is 5.56 Å². The van der Waals surface area contributed by atoms with E-state index < -0.39 is 0 Å². The molecular weight excluding hydrogens is 364 g/mol. The van der Waals surface area contributed by atoms with E-state index in [0.717, 1.165) is 60.5 Å². The van der Waals surface area contributed by atoms with E-state index in [1.165, 1.54) is 5.69 Å². The standard InChI is InChI=1S/C22H24N6O/c1-2-17-12-19-20(25-22(17)29)11-16(14-24-19)15-26-7-9-27(10-8-26)18-3-5-28-6-4-23-21(28)13-18/h3-6,11-14H,2,7-10,15H2,1H3,(H,25,29). The molecule has 1 saturated heterocycles. The maximum atomic E-state index is 12.1. The quantitative estimate of drug-likeness (QED) is 0.582. The predicted molar refractivity (Wildman–Crippen MR) is 114 cm³/mol. The Bertz CT molecular complexity index is 1220. The minimum Gasteiger partial charge on any atom is -0.369 e. The Balaban J connectivity index is 1.27. The first-order chi connectivity index (χ1) is 14.2. The number of imidazole rings is 1. The lowest BCUT2D eigenvalue weighted by atomic mass is 10.1. The van der Waals surface area contributed by atoms with Crippen LogP contribution in [-0.2, 0) is 13.0 Å². The predicted octanol–water partition coefficient (Wildman–Crippen LogP) is 2.46. The molecule has 148 valence electrons. The normalized spacial score (nSPS) is 15.4. The van der Waals surface area contributed by atoms with Crippen molar-refractivity contribution in [3.63, 3.8) is 0 Å². The van der Waals surface area contributed by atoms with Gasteiger partial charge in [0.15, 0.2) is 0 Å². The summed E-state index contributed by atoms with van der Waals surface area (Å²) in [4.78, 5) is 28.9. The summed E-state index contributed by atoms with van der Waals surface area (Å²) in [6.45, 7) is 6.76. The van der Waals surface area contributed by atoms with Gasteiger partial charge in [-0.1, -0.05) is 6.92 Å². The van der Waals surface area contributed by atoms with E-state index in [4.69, 9.17) is 0 Å². The molecule has 0 amide bonds. The Morgan fingerprint density at radius 1 is 1.07 bits per heavy atom. The molecule has 7 nitrogen and oxygen atoms in total. The number of nitrogens with one attached hydrogen (secondary N) is 1. The fraction of sp³-hybridized carbons (Fsp3) is 0.318. The smallest absolute Gasteiger partial charge is 0.251 e. The molecular formula is C22H24N6O. The lowest BCUT2D eigenvalue weighted by Crippen LogP contribution is -2.46. The molecule has 0 atom stereocenters. The molecule has 7 heteroatoms. The average Bonchev–Trinajstić information content (AvgIpc) is 3.21. The van der Waals surface area contributed by atoms with E-state index in [9.17, 15) is 4.79 Å². The molecule has 1 aliphatic heterocycles. The number of anilines is 1. The molecule has 0 spiro atoms. The van der Waals surface area contributed by atoms with Gasteiger partial charge in [0.2, 0.25) is 0 Å². The highest BCUT2D eigenvalue weighted by molar-refractivity contribution is 5.74. The zero-order chi connectivity index (χ0) is 19.8. The second kappa shape index (κ2) is 7.33. The number of aromatic nitrogens is 4. The summed E-state index contributed by atoms with van der Waals surface area (Å²) < 4.78 is 2.03. The van der Waals surface area contributed by atoms with Gasteiger partial charge >= 0.3 is 0 Å². The van der Waals surface area contributed by atoms with Crippen molar-refractivity contribution in [2.75, 3.05) is 31.1 Å². The van der Waals surface area contributed by atoms with Crippen LogP contribution in [0.1, 0.15) is 18.1 Å². The first-order valence-corrected chi connectivity index (χ1v) is 10.1. The van der Waals surface area contributed by atoms with E-state index in [0.29, 0.717) is 6.42 Å². The molecule has 5 heterocycles.